The molecule has 148 valence electrons. The van der Waals surface area contributed by atoms with E-state index in [0.29, 0.717) is 6.54 Å². The number of likely N-dealkylation sites (tertiary alicyclic amines) is 1. The molecule has 2 aromatic rings. The SMILES string of the molecule is CN=C(NCc1ccc(CN2CCCC(C)C2)cc1)NCc1ccco1.I. The van der Waals surface area contributed by atoms with Crippen LogP contribution in [0.4, 0.5) is 0 Å². The van der Waals surface area contributed by atoms with Crippen molar-refractivity contribution in [2.75, 3.05) is 20.1 Å². The summed E-state index contributed by atoms with van der Waals surface area (Å²) in [5.41, 5.74) is 2.64. The van der Waals surface area contributed by atoms with E-state index in [0.717, 1.165) is 30.7 Å². The maximum Gasteiger partial charge on any atom is 0.191 e. The molecule has 1 aliphatic rings. The predicted molar refractivity (Wildman–Crippen MR) is 121 cm³/mol. The van der Waals surface area contributed by atoms with Gasteiger partial charge in [0.25, 0.3) is 0 Å². The first-order chi connectivity index (χ1) is 12.7. The second-order valence-electron chi connectivity index (χ2n) is 7.16. The summed E-state index contributed by atoms with van der Waals surface area (Å²) in [5, 5.41) is 6.59. The van der Waals surface area contributed by atoms with Crippen molar-refractivity contribution in [1.29, 1.82) is 0 Å². The zero-order valence-corrected chi connectivity index (χ0v) is 18.6. The molecule has 0 radical (unpaired) electrons. The summed E-state index contributed by atoms with van der Waals surface area (Å²) in [4.78, 5) is 6.82. The summed E-state index contributed by atoms with van der Waals surface area (Å²) >= 11 is 0. The number of piperidine rings is 1. The van der Waals surface area contributed by atoms with E-state index in [-0.39, 0.29) is 24.0 Å². The average molecular weight is 482 g/mol. The number of hydrogen-bond acceptors (Lipinski definition) is 3. The normalized spacial score (nSPS) is 18.0. The summed E-state index contributed by atoms with van der Waals surface area (Å²) in [6, 6.07) is 12.7. The third-order valence-electron chi connectivity index (χ3n) is 4.86. The number of benzene rings is 1. The monoisotopic (exact) mass is 482 g/mol. The van der Waals surface area contributed by atoms with Crippen LogP contribution in [0.5, 0.6) is 0 Å². The van der Waals surface area contributed by atoms with Gasteiger partial charge in [0.1, 0.15) is 5.76 Å². The lowest BCUT2D eigenvalue weighted by molar-refractivity contribution is 0.176. The van der Waals surface area contributed by atoms with E-state index in [1.807, 2.05) is 12.1 Å². The predicted octanol–water partition coefficient (Wildman–Crippen LogP) is 3.99. The molecule has 5 nitrogen and oxygen atoms in total. The van der Waals surface area contributed by atoms with Crippen molar-refractivity contribution in [3.63, 3.8) is 0 Å². The summed E-state index contributed by atoms with van der Waals surface area (Å²) in [5.74, 6) is 2.49. The van der Waals surface area contributed by atoms with Crippen LogP contribution in [-0.2, 0) is 19.6 Å². The standard InChI is InChI=1S/C21H30N4O.HI/c1-17-5-3-11-25(15-17)16-19-9-7-18(8-10-19)13-23-21(22-2)24-14-20-6-4-12-26-20;/h4,6-10,12,17H,3,5,11,13-16H2,1-2H3,(H2,22,23,24);1H. The molecule has 2 N–H and O–H groups in total. The lowest BCUT2D eigenvalue weighted by Crippen LogP contribution is -2.36. The van der Waals surface area contributed by atoms with Crippen LogP contribution in [0.3, 0.4) is 0 Å². The second kappa shape index (κ2) is 11.3. The van der Waals surface area contributed by atoms with Crippen molar-refractivity contribution in [1.82, 2.24) is 15.5 Å². The number of hydrogen-bond donors (Lipinski definition) is 2. The fourth-order valence-corrected chi connectivity index (χ4v) is 3.44. The molecule has 1 aromatic heterocycles. The minimum atomic E-state index is 0. The van der Waals surface area contributed by atoms with E-state index in [9.17, 15) is 0 Å². The highest BCUT2D eigenvalue weighted by molar-refractivity contribution is 14.0. The van der Waals surface area contributed by atoms with Crippen LogP contribution in [0.2, 0.25) is 0 Å². The van der Waals surface area contributed by atoms with Crippen molar-refractivity contribution in [3.05, 3.63) is 59.5 Å². The van der Waals surface area contributed by atoms with E-state index in [4.69, 9.17) is 4.42 Å². The summed E-state index contributed by atoms with van der Waals surface area (Å²) in [7, 11) is 1.78. The van der Waals surface area contributed by atoms with Gasteiger partial charge in [0, 0.05) is 26.7 Å². The molecule has 1 unspecified atom stereocenters. The third kappa shape index (κ3) is 7.18. The number of aliphatic imine (C=N–C) groups is 1. The van der Waals surface area contributed by atoms with E-state index < -0.39 is 0 Å². The zero-order chi connectivity index (χ0) is 18.2. The van der Waals surface area contributed by atoms with Crippen LogP contribution in [0.25, 0.3) is 0 Å². The van der Waals surface area contributed by atoms with Gasteiger partial charge in [0.15, 0.2) is 5.96 Å². The molecule has 27 heavy (non-hydrogen) atoms. The topological polar surface area (TPSA) is 52.8 Å². The van der Waals surface area contributed by atoms with Crippen molar-refractivity contribution >= 4 is 29.9 Å². The Labute approximate surface area is 179 Å². The number of rotatable bonds is 6. The molecule has 3 rings (SSSR count). The fourth-order valence-electron chi connectivity index (χ4n) is 3.44. The fraction of sp³-hybridized carbons (Fsp3) is 0.476. The molecule has 1 aliphatic heterocycles. The lowest BCUT2D eigenvalue weighted by Gasteiger charge is -2.30. The minimum Gasteiger partial charge on any atom is -0.467 e. The number of nitrogens with zero attached hydrogens (tertiary/aromatic N) is 2. The van der Waals surface area contributed by atoms with Crippen LogP contribution >= 0.6 is 24.0 Å². The molecule has 6 heteroatoms. The van der Waals surface area contributed by atoms with E-state index in [2.05, 4.69) is 51.7 Å². The number of nitrogens with one attached hydrogen (secondary N) is 2. The van der Waals surface area contributed by atoms with Crippen molar-refractivity contribution < 1.29 is 4.42 Å². The summed E-state index contributed by atoms with van der Waals surface area (Å²) in [6.45, 7) is 7.24. The second-order valence-corrected chi connectivity index (χ2v) is 7.16. The van der Waals surface area contributed by atoms with Gasteiger partial charge in [0.05, 0.1) is 12.8 Å². The Hall–Kier alpha value is -1.54. The Morgan fingerprint density at radius 1 is 1.15 bits per heavy atom. The Balaban J connectivity index is 0.00000261. The molecule has 2 heterocycles. The molecule has 0 saturated carbocycles. The van der Waals surface area contributed by atoms with Crippen LogP contribution in [0.15, 0.2) is 52.1 Å². The maximum absolute atomic E-state index is 5.32. The Kier molecular flexibility index (Phi) is 9.14. The number of guanidine groups is 1. The number of furan rings is 1. The smallest absolute Gasteiger partial charge is 0.191 e. The molecular formula is C21H31IN4O. The van der Waals surface area contributed by atoms with Gasteiger partial charge in [-0.05, 0) is 48.6 Å². The highest BCUT2D eigenvalue weighted by Gasteiger charge is 2.16. The van der Waals surface area contributed by atoms with Gasteiger partial charge >= 0.3 is 0 Å². The van der Waals surface area contributed by atoms with Gasteiger partial charge < -0.3 is 15.1 Å². The quantitative estimate of drug-likeness (QED) is 0.372. The Morgan fingerprint density at radius 2 is 1.89 bits per heavy atom. The van der Waals surface area contributed by atoms with Gasteiger partial charge in [-0.15, -0.1) is 24.0 Å². The summed E-state index contributed by atoms with van der Waals surface area (Å²) < 4.78 is 5.32. The molecule has 1 aromatic carbocycles. The molecular weight excluding hydrogens is 451 g/mol. The molecule has 0 amide bonds. The summed E-state index contributed by atoms with van der Waals surface area (Å²) in [6.07, 6.45) is 4.38. The van der Waals surface area contributed by atoms with Crippen molar-refractivity contribution in [2.24, 2.45) is 10.9 Å². The van der Waals surface area contributed by atoms with E-state index in [1.165, 1.54) is 37.1 Å². The minimum absolute atomic E-state index is 0. The maximum atomic E-state index is 5.32. The highest BCUT2D eigenvalue weighted by atomic mass is 127. The molecule has 0 spiro atoms. The molecule has 0 bridgehead atoms. The first-order valence-corrected chi connectivity index (χ1v) is 9.50. The van der Waals surface area contributed by atoms with E-state index in [1.54, 1.807) is 13.3 Å². The number of halogens is 1. The van der Waals surface area contributed by atoms with Gasteiger partial charge in [-0.25, -0.2) is 0 Å². The largest absolute Gasteiger partial charge is 0.467 e. The molecule has 1 atom stereocenters. The Bertz CT molecular complexity index is 685. The van der Waals surface area contributed by atoms with Crippen molar-refractivity contribution in [2.45, 2.75) is 39.4 Å². The van der Waals surface area contributed by atoms with Crippen LogP contribution in [0.1, 0.15) is 36.7 Å². The average Bonchev–Trinajstić information content (AvgIpc) is 3.17. The van der Waals surface area contributed by atoms with Crippen LogP contribution in [0, 0.1) is 5.92 Å². The first-order valence-electron chi connectivity index (χ1n) is 9.50. The van der Waals surface area contributed by atoms with Gasteiger partial charge in [-0.3, -0.25) is 9.89 Å². The van der Waals surface area contributed by atoms with Gasteiger partial charge in [-0.2, -0.15) is 0 Å². The first kappa shape index (κ1) is 21.8. The lowest BCUT2D eigenvalue weighted by atomic mass is 9.99. The molecule has 0 aliphatic carbocycles. The van der Waals surface area contributed by atoms with E-state index >= 15 is 0 Å². The third-order valence-corrected chi connectivity index (χ3v) is 4.86. The molecule has 1 fully saturated rings. The van der Waals surface area contributed by atoms with Crippen LogP contribution < -0.4 is 10.6 Å². The van der Waals surface area contributed by atoms with Gasteiger partial charge in [-0.1, -0.05) is 31.2 Å². The van der Waals surface area contributed by atoms with Crippen LogP contribution in [-0.4, -0.2) is 31.0 Å². The zero-order valence-electron chi connectivity index (χ0n) is 16.3. The molecule has 1 saturated heterocycles. The van der Waals surface area contributed by atoms with Gasteiger partial charge in [0.2, 0.25) is 0 Å². The van der Waals surface area contributed by atoms with Crippen molar-refractivity contribution in [3.8, 4) is 0 Å². The highest BCUT2D eigenvalue weighted by Crippen LogP contribution is 2.18. The Morgan fingerprint density at radius 3 is 2.56 bits per heavy atom.